The van der Waals surface area contributed by atoms with Gasteiger partial charge in [-0.05, 0) is 60.9 Å². The highest BCUT2D eigenvalue weighted by Gasteiger charge is 2.42. The molecule has 2 aliphatic rings. The molecule has 5 rings (SSSR count). The molecule has 0 saturated heterocycles. The van der Waals surface area contributed by atoms with Gasteiger partial charge in [0.1, 0.15) is 17.6 Å². The molecule has 6 nitrogen and oxygen atoms in total. The lowest BCUT2D eigenvalue weighted by atomic mass is 9.83. The van der Waals surface area contributed by atoms with E-state index < -0.39 is 6.04 Å². The number of furan rings is 1. The highest BCUT2D eigenvalue weighted by molar-refractivity contribution is 6.11. The lowest BCUT2D eigenvalue weighted by molar-refractivity contribution is -0.117. The third-order valence-corrected chi connectivity index (χ3v) is 6.06. The fourth-order valence-corrected chi connectivity index (χ4v) is 4.60. The van der Waals surface area contributed by atoms with Crippen molar-refractivity contribution in [2.45, 2.75) is 25.8 Å². The Balaban J connectivity index is 1.73. The average Bonchev–Trinajstić information content (AvgIpc) is 3.28. The molecule has 0 fully saturated rings. The first kappa shape index (κ1) is 20.1. The number of fused-ring (bicyclic) bond motifs is 1. The lowest BCUT2D eigenvalue weighted by Gasteiger charge is -2.33. The van der Waals surface area contributed by atoms with E-state index in [4.69, 9.17) is 9.15 Å². The van der Waals surface area contributed by atoms with Crippen molar-refractivity contribution in [1.29, 1.82) is 0 Å². The molecule has 0 saturated carbocycles. The minimum Gasteiger partial charge on any atom is -0.497 e. The molecule has 1 aromatic heterocycles. The molecule has 0 bridgehead atoms. The number of hydrogen-bond donors (Lipinski definition) is 1. The van der Waals surface area contributed by atoms with Crippen LogP contribution in [0.25, 0.3) is 0 Å². The largest absolute Gasteiger partial charge is 0.497 e. The Bertz CT molecular complexity index is 1190. The van der Waals surface area contributed by atoms with Crippen molar-refractivity contribution in [3.63, 3.8) is 0 Å². The minimum absolute atomic E-state index is 0.0352. The first-order valence-electron chi connectivity index (χ1n) is 10.7. The molecule has 0 spiro atoms. The molecule has 0 unspecified atom stereocenters. The van der Waals surface area contributed by atoms with Crippen LogP contribution in [0.3, 0.4) is 0 Å². The van der Waals surface area contributed by atoms with Gasteiger partial charge < -0.3 is 14.5 Å². The second kappa shape index (κ2) is 8.04. The summed E-state index contributed by atoms with van der Waals surface area (Å²) in [5.41, 5.74) is 3.43. The molecule has 3 aromatic rings. The zero-order valence-electron chi connectivity index (χ0n) is 18.0. The maximum Gasteiger partial charge on any atom is 0.259 e. The van der Waals surface area contributed by atoms with E-state index in [2.05, 4.69) is 12.2 Å². The molecule has 1 N–H and O–H groups in total. The number of nitrogens with zero attached hydrogens (tertiary/aromatic N) is 1. The van der Waals surface area contributed by atoms with Crippen LogP contribution < -0.4 is 15.0 Å². The van der Waals surface area contributed by atoms with E-state index in [0.29, 0.717) is 34.8 Å². The van der Waals surface area contributed by atoms with Gasteiger partial charge in [0.2, 0.25) is 0 Å². The number of amides is 1. The third-order valence-electron chi connectivity index (χ3n) is 6.06. The highest BCUT2D eigenvalue weighted by atomic mass is 16.5. The van der Waals surface area contributed by atoms with E-state index in [1.807, 2.05) is 30.3 Å². The fourth-order valence-electron chi connectivity index (χ4n) is 4.60. The van der Waals surface area contributed by atoms with Gasteiger partial charge in [-0.25, -0.2) is 0 Å². The maximum absolute atomic E-state index is 13.9. The van der Waals surface area contributed by atoms with Crippen LogP contribution >= 0.6 is 0 Å². The number of hydrogen-bond acceptors (Lipinski definition) is 5. The van der Waals surface area contributed by atoms with Gasteiger partial charge in [-0.3, -0.25) is 14.5 Å². The smallest absolute Gasteiger partial charge is 0.259 e. The average molecular weight is 428 g/mol. The molecular formula is C26H24N2O4. The number of methoxy groups -OCH3 is 1. The second-order valence-electron chi connectivity index (χ2n) is 8.29. The van der Waals surface area contributed by atoms with Crippen LogP contribution in [-0.4, -0.2) is 18.8 Å². The van der Waals surface area contributed by atoms with Crippen molar-refractivity contribution in [3.8, 4) is 5.75 Å². The molecule has 0 radical (unpaired) electrons. The minimum atomic E-state index is -0.661. The number of nitrogens with one attached hydrogen (secondary N) is 1. The van der Waals surface area contributed by atoms with Gasteiger partial charge in [-0.1, -0.05) is 19.1 Å². The molecule has 2 heterocycles. The van der Waals surface area contributed by atoms with E-state index in [1.165, 1.54) is 0 Å². The number of carbonyl (C=O) groups is 2. The normalized spacial score (nSPS) is 20.2. The van der Waals surface area contributed by atoms with Crippen LogP contribution in [0.2, 0.25) is 0 Å². The van der Waals surface area contributed by atoms with Crippen molar-refractivity contribution in [3.05, 3.63) is 89.5 Å². The number of ketones is 1. The summed E-state index contributed by atoms with van der Waals surface area (Å²) in [7, 11) is 1.59. The number of anilines is 2. The molecule has 1 amide bonds. The van der Waals surface area contributed by atoms with Crippen molar-refractivity contribution in [2.24, 2.45) is 5.92 Å². The standard InChI is InChI=1S/C26H24N2O4/c1-16-14-20-24(22(29)15-16)25(23-8-5-13-32-23)28(21-7-4-3-6-19(21)27-20)26(30)17-9-11-18(31-2)12-10-17/h3-13,16,25,27H,14-15H2,1-2H3/t16-,25+/m1/s1. The van der Waals surface area contributed by atoms with E-state index in [1.54, 1.807) is 48.6 Å². The summed E-state index contributed by atoms with van der Waals surface area (Å²) < 4.78 is 11.0. The van der Waals surface area contributed by atoms with E-state index in [9.17, 15) is 9.59 Å². The third kappa shape index (κ3) is 3.38. The summed E-state index contributed by atoms with van der Waals surface area (Å²) in [5, 5.41) is 3.47. The molecule has 1 aliphatic carbocycles. The molecular weight excluding hydrogens is 404 g/mol. The Labute approximate surface area is 186 Å². The number of allylic oxidation sites excluding steroid dienone is 1. The van der Waals surface area contributed by atoms with E-state index in [-0.39, 0.29) is 17.6 Å². The van der Waals surface area contributed by atoms with Gasteiger partial charge in [-0.2, -0.15) is 0 Å². The Morgan fingerprint density at radius 2 is 1.84 bits per heavy atom. The summed E-state index contributed by atoms with van der Waals surface area (Å²) in [6.07, 6.45) is 2.75. The SMILES string of the molecule is COc1ccc(C(=O)N2c3ccccc3NC3=C(C(=O)C[C@H](C)C3)[C@@H]2c2ccco2)cc1. The number of Topliss-reactive ketones (excluding diaryl/α,β-unsaturated/α-hetero) is 1. The van der Waals surface area contributed by atoms with Crippen molar-refractivity contribution < 1.29 is 18.7 Å². The highest BCUT2D eigenvalue weighted by Crippen LogP contribution is 2.46. The van der Waals surface area contributed by atoms with Crippen LogP contribution in [-0.2, 0) is 4.79 Å². The van der Waals surface area contributed by atoms with Crippen molar-refractivity contribution in [2.75, 3.05) is 17.3 Å². The van der Waals surface area contributed by atoms with E-state index >= 15 is 0 Å². The summed E-state index contributed by atoms with van der Waals surface area (Å²) in [6, 6.07) is 17.6. The van der Waals surface area contributed by atoms with Crippen LogP contribution in [0, 0.1) is 5.92 Å². The maximum atomic E-state index is 13.9. The van der Waals surface area contributed by atoms with Gasteiger partial charge >= 0.3 is 0 Å². The summed E-state index contributed by atoms with van der Waals surface area (Å²) in [6.45, 7) is 2.07. The topological polar surface area (TPSA) is 71.8 Å². The Morgan fingerprint density at radius 3 is 2.56 bits per heavy atom. The summed E-state index contributed by atoms with van der Waals surface area (Å²) >= 11 is 0. The molecule has 1 aliphatic heterocycles. The van der Waals surface area contributed by atoms with Crippen LogP contribution in [0.15, 0.2) is 82.6 Å². The van der Waals surface area contributed by atoms with Gasteiger partial charge in [0.05, 0.1) is 24.7 Å². The Morgan fingerprint density at radius 1 is 1.06 bits per heavy atom. The quantitative estimate of drug-likeness (QED) is 0.608. The predicted molar refractivity (Wildman–Crippen MR) is 122 cm³/mol. The van der Waals surface area contributed by atoms with Gasteiger partial charge in [0.25, 0.3) is 5.91 Å². The van der Waals surface area contributed by atoms with Crippen LogP contribution in [0.4, 0.5) is 11.4 Å². The van der Waals surface area contributed by atoms with Crippen LogP contribution in [0.1, 0.15) is 41.9 Å². The molecule has 162 valence electrons. The first-order chi connectivity index (χ1) is 15.6. The second-order valence-corrected chi connectivity index (χ2v) is 8.29. The Hall–Kier alpha value is -3.80. The number of rotatable bonds is 3. The summed E-state index contributed by atoms with van der Waals surface area (Å²) in [4.78, 5) is 29.0. The van der Waals surface area contributed by atoms with Gasteiger partial charge in [-0.15, -0.1) is 0 Å². The lowest BCUT2D eigenvalue weighted by Crippen LogP contribution is -2.38. The molecule has 32 heavy (non-hydrogen) atoms. The number of benzene rings is 2. The number of para-hydroxylation sites is 2. The molecule has 2 atom stereocenters. The van der Waals surface area contributed by atoms with E-state index in [0.717, 1.165) is 17.8 Å². The zero-order valence-corrected chi connectivity index (χ0v) is 18.0. The molecule has 2 aromatic carbocycles. The monoisotopic (exact) mass is 428 g/mol. The zero-order chi connectivity index (χ0) is 22.2. The fraction of sp³-hybridized carbons (Fsp3) is 0.231. The van der Waals surface area contributed by atoms with Crippen molar-refractivity contribution in [1.82, 2.24) is 0 Å². The predicted octanol–water partition coefficient (Wildman–Crippen LogP) is 5.35. The number of ether oxygens (including phenoxy) is 1. The molecule has 6 heteroatoms. The van der Waals surface area contributed by atoms with Crippen molar-refractivity contribution >= 4 is 23.1 Å². The van der Waals surface area contributed by atoms with Crippen LogP contribution in [0.5, 0.6) is 5.75 Å². The Kier molecular flexibility index (Phi) is 5.05. The summed E-state index contributed by atoms with van der Waals surface area (Å²) in [5.74, 6) is 1.27. The first-order valence-corrected chi connectivity index (χ1v) is 10.7. The van der Waals surface area contributed by atoms with Gasteiger partial charge in [0, 0.05) is 23.3 Å². The van der Waals surface area contributed by atoms with Gasteiger partial charge in [0.15, 0.2) is 5.78 Å². The number of carbonyl (C=O) groups excluding carboxylic acids is 2.